The van der Waals surface area contributed by atoms with E-state index < -0.39 is 5.41 Å². The lowest BCUT2D eigenvalue weighted by atomic mass is 9.79. The topological polar surface area (TPSA) is 82.8 Å². The predicted molar refractivity (Wildman–Crippen MR) is 105 cm³/mol. The smallest absolute Gasteiger partial charge is 0.232 e. The van der Waals surface area contributed by atoms with Gasteiger partial charge in [0, 0.05) is 31.5 Å². The minimum absolute atomic E-state index is 0. The third kappa shape index (κ3) is 5.76. The first-order chi connectivity index (χ1) is 12.1. The summed E-state index contributed by atoms with van der Waals surface area (Å²) in [6.45, 7) is 6.79. The van der Waals surface area contributed by atoms with E-state index in [0.717, 1.165) is 12.8 Å². The Morgan fingerprint density at radius 3 is 2.35 bits per heavy atom. The van der Waals surface area contributed by atoms with Gasteiger partial charge in [0.05, 0.1) is 18.6 Å². The molecule has 0 radical (unpaired) electrons. The molecule has 7 heteroatoms. The second-order valence-corrected chi connectivity index (χ2v) is 6.41. The first-order valence-electron chi connectivity index (χ1n) is 9.14. The molecular formula is C19H31ClN2O4. The van der Waals surface area contributed by atoms with E-state index in [-0.39, 0.29) is 18.3 Å². The number of ether oxygens (including phenoxy) is 3. The van der Waals surface area contributed by atoms with Crippen molar-refractivity contribution in [1.82, 2.24) is 0 Å². The van der Waals surface area contributed by atoms with E-state index in [1.165, 1.54) is 0 Å². The SMILES string of the molecule is CCCOc1ccc(NC(=O)C2(CN)CCOCC2)cc1OCCC.Cl. The molecule has 1 saturated heterocycles. The third-order valence-electron chi connectivity index (χ3n) is 4.45. The van der Waals surface area contributed by atoms with Crippen molar-refractivity contribution in [2.75, 3.05) is 38.3 Å². The maximum atomic E-state index is 12.8. The summed E-state index contributed by atoms with van der Waals surface area (Å²) in [6, 6.07) is 5.50. The molecular weight excluding hydrogens is 356 g/mol. The number of benzene rings is 1. The highest BCUT2D eigenvalue weighted by Crippen LogP contribution is 2.34. The third-order valence-corrected chi connectivity index (χ3v) is 4.45. The Balaban J connectivity index is 0.00000338. The monoisotopic (exact) mass is 386 g/mol. The highest BCUT2D eigenvalue weighted by atomic mass is 35.5. The molecule has 1 aromatic rings. The highest BCUT2D eigenvalue weighted by molar-refractivity contribution is 5.95. The molecule has 26 heavy (non-hydrogen) atoms. The predicted octanol–water partition coefficient (Wildman–Crippen LogP) is 3.38. The Labute approximate surface area is 162 Å². The summed E-state index contributed by atoms with van der Waals surface area (Å²) in [5.41, 5.74) is 6.04. The molecule has 6 nitrogen and oxygen atoms in total. The van der Waals surface area contributed by atoms with E-state index in [0.29, 0.717) is 63.0 Å². The van der Waals surface area contributed by atoms with Crippen LogP contribution in [0.4, 0.5) is 5.69 Å². The van der Waals surface area contributed by atoms with Crippen LogP contribution >= 0.6 is 12.4 Å². The molecule has 0 atom stereocenters. The molecule has 2 rings (SSSR count). The maximum absolute atomic E-state index is 12.8. The zero-order valence-electron chi connectivity index (χ0n) is 15.7. The van der Waals surface area contributed by atoms with Gasteiger partial charge in [0.1, 0.15) is 0 Å². The van der Waals surface area contributed by atoms with Gasteiger partial charge in [-0.25, -0.2) is 0 Å². The molecule has 0 unspecified atom stereocenters. The van der Waals surface area contributed by atoms with Gasteiger partial charge in [-0.1, -0.05) is 13.8 Å². The van der Waals surface area contributed by atoms with Crippen molar-refractivity contribution in [2.24, 2.45) is 11.1 Å². The molecule has 0 spiro atoms. The van der Waals surface area contributed by atoms with E-state index in [4.69, 9.17) is 19.9 Å². The minimum Gasteiger partial charge on any atom is -0.490 e. The lowest BCUT2D eigenvalue weighted by Crippen LogP contribution is -2.46. The molecule has 1 aliphatic heterocycles. The number of anilines is 1. The van der Waals surface area contributed by atoms with Crippen LogP contribution in [0.1, 0.15) is 39.5 Å². The summed E-state index contributed by atoms with van der Waals surface area (Å²) in [6.07, 6.45) is 3.12. The standard InChI is InChI=1S/C19H30N2O4.ClH/c1-3-9-24-16-6-5-15(13-17(16)25-10-4-2)21-18(22)19(14-20)7-11-23-12-8-19;/h5-6,13H,3-4,7-12,14,20H2,1-2H3,(H,21,22);1H. The molecule has 1 heterocycles. The van der Waals surface area contributed by atoms with Gasteiger partial charge in [-0.2, -0.15) is 0 Å². The number of amides is 1. The van der Waals surface area contributed by atoms with Gasteiger partial charge in [0.15, 0.2) is 11.5 Å². The Morgan fingerprint density at radius 2 is 1.77 bits per heavy atom. The first kappa shape index (κ1) is 22.5. The fraction of sp³-hybridized carbons (Fsp3) is 0.632. The largest absolute Gasteiger partial charge is 0.490 e. The van der Waals surface area contributed by atoms with E-state index in [1.807, 2.05) is 25.1 Å². The van der Waals surface area contributed by atoms with Crippen molar-refractivity contribution in [3.63, 3.8) is 0 Å². The average molecular weight is 387 g/mol. The molecule has 148 valence electrons. The lowest BCUT2D eigenvalue weighted by molar-refractivity contribution is -0.130. The Kier molecular flexibility index (Phi) is 9.76. The summed E-state index contributed by atoms with van der Waals surface area (Å²) >= 11 is 0. The summed E-state index contributed by atoms with van der Waals surface area (Å²) in [7, 11) is 0. The first-order valence-corrected chi connectivity index (χ1v) is 9.14. The zero-order valence-corrected chi connectivity index (χ0v) is 16.5. The number of rotatable bonds is 9. The van der Waals surface area contributed by atoms with Gasteiger partial charge in [0.25, 0.3) is 0 Å². The van der Waals surface area contributed by atoms with Crippen LogP contribution in [-0.4, -0.2) is 38.9 Å². The molecule has 0 saturated carbocycles. The molecule has 1 amide bonds. The number of nitrogens with two attached hydrogens (primary N) is 1. The molecule has 0 aromatic heterocycles. The minimum atomic E-state index is -0.555. The number of hydrogen-bond donors (Lipinski definition) is 2. The van der Waals surface area contributed by atoms with Crippen molar-refractivity contribution in [3.8, 4) is 11.5 Å². The lowest BCUT2D eigenvalue weighted by Gasteiger charge is -2.34. The number of nitrogens with one attached hydrogen (secondary N) is 1. The van der Waals surface area contributed by atoms with Gasteiger partial charge in [0.2, 0.25) is 5.91 Å². The molecule has 0 bridgehead atoms. The second-order valence-electron chi connectivity index (χ2n) is 6.41. The van der Waals surface area contributed by atoms with Crippen molar-refractivity contribution in [3.05, 3.63) is 18.2 Å². The van der Waals surface area contributed by atoms with Gasteiger partial charge >= 0.3 is 0 Å². The number of carbonyl (C=O) groups excluding carboxylic acids is 1. The molecule has 1 aromatic carbocycles. The van der Waals surface area contributed by atoms with Crippen LogP contribution in [0.5, 0.6) is 11.5 Å². The van der Waals surface area contributed by atoms with Crippen LogP contribution < -0.4 is 20.5 Å². The highest BCUT2D eigenvalue weighted by Gasteiger charge is 2.38. The van der Waals surface area contributed by atoms with Crippen molar-refractivity contribution >= 4 is 24.0 Å². The van der Waals surface area contributed by atoms with Crippen molar-refractivity contribution < 1.29 is 19.0 Å². The molecule has 3 N–H and O–H groups in total. The van der Waals surface area contributed by atoms with Gasteiger partial charge in [-0.3, -0.25) is 4.79 Å². The van der Waals surface area contributed by atoms with Crippen LogP contribution in [0.3, 0.4) is 0 Å². The van der Waals surface area contributed by atoms with E-state index >= 15 is 0 Å². The maximum Gasteiger partial charge on any atom is 0.232 e. The quantitative estimate of drug-likeness (QED) is 0.679. The van der Waals surface area contributed by atoms with Gasteiger partial charge < -0.3 is 25.3 Å². The van der Waals surface area contributed by atoms with Crippen molar-refractivity contribution in [1.29, 1.82) is 0 Å². The second kappa shape index (κ2) is 11.3. The fourth-order valence-electron chi connectivity index (χ4n) is 2.79. The molecule has 1 fully saturated rings. The van der Waals surface area contributed by atoms with Crippen LogP contribution in [0.25, 0.3) is 0 Å². The fourth-order valence-corrected chi connectivity index (χ4v) is 2.79. The Bertz CT molecular complexity index is 562. The van der Waals surface area contributed by atoms with Crippen LogP contribution in [0.2, 0.25) is 0 Å². The van der Waals surface area contributed by atoms with Crippen LogP contribution in [0, 0.1) is 5.41 Å². The summed E-state index contributed by atoms with van der Waals surface area (Å²) in [5.74, 6) is 1.30. The number of carbonyl (C=O) groups is 1. The van der Waals surface area contributed by atoms with E-state index in [2.05, 4.69) is 12.2 Å². The Morgan fingerprint density at radius 1 is 1.15 bits per heavy atom. The summed E-state index contributed by atoms with van der Waals surface area (Å²) in [5, 5.41) is 2.99. The van der Waals surface area contributed by atoms with Crippen LogP contribution in [-0.2, 0) is 9.53 Å². The van der Waals surface area contributed by atoms with E-state index in [1.54, 1.807) is 0 Å². The summed E-state index contributed by atoms with van der Waals surface area (Å²) < 4.78 is 16.9. The number of halogens is 1. The number of hydrogen-bond acceptors (Lipinski definition) is 5. The Hall–Kier alpha value is -1.50. The normalized spacial score (nSPS) is 15.7. The van der Waals surface area contributed by atoms with Crippen molar-refractivity contribution in [2.45, 2.75) is 39.5 Å². The summed E-state index contributed by atoms with van der Waals surface area (Å²) in [4.78, 5) is 12.8. The van der Waals surface area contributed by atoms with Crippen LogP contribution in [0.15, 0.2) is 18.2 Å². The molecule has 0 aliphatic carbocycles. The van der Waals surface area contributed by atoms with Gasteiger partial charge in [-0.05, 0) is 37.8 Å². The average Bonchev–Trinajstić information content (AvgIpc) is 2.66. The van der Waals surface area contributed by atoms with Gasteiger partial charge in [-0.15, -0.1) is 12.4 Å². The molecule has 1 aliphatic rings. The van der Waals surface area contributed by atoms with E-state index in [9.17, 15) is 4.79 Å². The zero-order chi connectivity index (χ0) is 18.1.